The Morgan fingerprint density at radius 1 is 1.04 bits per heavy atom. The lowest BCUT2D eigenvalue weighted by Gasteiger charge is -2.10. The molecule has 0 aliphatic heterocycles. The zero-order chi connectivity index (χ0) is 18.0. The monoisotopic (exact) mass is 344 g/mol. The Morgan fingerprint density at radius 3 is 2.44 bits per heavy atom. The number of aromatic nitrogens is 1. The van der Waals surface area contributed by atoms with E-state index < -0.39 is 11.7 Å². The number of amides is 1. The first kappa shape index (κ1) is 17.0. The van der Waals surface area contributed by atoms with Gasteiger partial charge >= 0.3 is 6.18 Å². The summed E-state index contributed by atoms with van der Waals surface area (Å²) in [5.74, 6) is -0.310. The van der Waals surface area contributed by atoms with Crippen molar-refractivity contribution in [3.63, 3.8) is 0 Å². The molecule has 0 saturated heterocycles. The van der Waals surface area contributed by atoms with Gasteiger partial charge in [-0.2, -0.15) is 13.2 Å². The number of anilines is 1. The number of nitrogens with zero attached hydrogens (tertiary/aromatic N) is 1. The number of alkyl halides is 3. The van der Waals surface area contributed by atoms with E-state index in [1.54, 1.807) is 6.07 Å². The van der Waals surface area contributed by atoms with Gasteiger partial charge in [-0.05, 0) is 36.8 Å². The molecule has 0 radical (unpaired) electrons. The van der Waals surface area contributed by atoms with Crippen molar-refractivity contribution < 1.29 is 18.0 Å². The van der Waals surface area contributed by atoms with Gasteiger partial charge in [0, 0.05) is 11.1 Å². The molecule has 1 heterocycles. The molecule has 0 unspecified atom stereocenters. The van der Waals surface area contributed by atoms with Crippen LogP contribution in [0.15, 0.2) is 54.6 Å². The molecule has 1 N–H and O–H groups in total. The van der Waals surface area contributed by atoms with Gasteiger partial charge in [0.25, 0.3) is 0 Å². The number of rotatable bonds is 3. The fraction of sp³-hybridized carbons (Fsp3) is 0.158. The second-order valence-corrected chi connectivity index (χ2v) is 5.75. The van der Waals surface area contributed by atoms with E-state index in [1.807, 2.05) is 31.2 Å². The number of carbonyl (C=O) groups excluding carboxylic acids is 1. The molecule has 3 aromatic rings. The average molecular weight is 344 g/mol. The number of para-hydroxylation sites is 1. The molecule has 3 nitrogen and oxygen atoms in total. The standard InChI is InChI=1S/C19H15F3N2O/c1-12-5-8-14-3-2-4-16(18(14)23-12)24-17(25)11-13-6-9-15(10-7-13)19(20,21)22/h2-10H,11H2,1H3,(H,24,25). The minimum atomic E-state index is -4.38. The fourth-order valence-corrected chi connectivity index (χ4v) is 2.54. The third-order valence-corrected chi connectivity index (χ3v) is 3.78. The summed E-state index contributed by atoms with van der Waals surface area (Å²) in [6.07, 6.45) is -4.40. The Bertz CT molecular complexity index is 918. The van der Waals surface area contributed by atoms with Gasteiger partial charge < -0.3 is 5.32 Å². The fourth-order valence-electron chi connectivity index (χ4n) is 2.54. The molecule has 0 aliphatic carbocycles. The van der Waals surface area contributed by atoms with Crippen molar-refractivity contribution in [1.29, 1.82) is 0 Å². The number of aryl methyl sites for hydroxylation is 1. The maximum Gasteiger partial charge on any atom is 0.416 e. The second kappa shape index (κ2) is 6.55. The Balaban J connectivity index is 1.76. The molecule has 0 saturated carbocycles. The lowest BCUT2D eigenvalue weighted by atomic mass is 10.1. The summed E-state index contributed by atoms with van der Waals surface area (Å²) >= 11 is 0. The van der Waals surface area contributed by atoms with Crippen molar-refractivity contribution in [2.24, 2.45) is 0 Å². The number of fused-ring (bicyclic) bond motifs is 1. The third kappa shape index (κ3) is 3.96. The molecule has 2 aromatic carbocycles. The molecule has 0 aliphatic rings. The summed E-state index contributed by atoms with van der Waals surface area (Å²) in [4.78, 5) is 16.7. The molecular weight excluding hydrogens is 329 g/mol. The number of hydrogen-bond acceptors (Lipinski definition) is 2. The SMILES string of the molecule is Cc1ccc2cccc(NC(=O)Cc3ccc(C(F)(F)F)cc3)c2n1. The first-order valence-corrected chi connectivity index (χ1v) is 7.65. The maximum atomic E-state index is 12.6. The van der Waals surface area contributed by atoms with E-state index >= 15 is 0 Å². The van der Waals surface area contributed by atoms with Gasteiger partial charge in [-0.1, -0.05) is 30.3 Å². The Morgan fingerprint density at radius 2 is 1.76 bits per heavy atom. The predicted molar refractivity (Wildman–Crippen MR) is 90.3 cm³/mol. The van der Waals surface area contributed by atoms with Crippen LogP contribution in [0.5, 0.6) is 0 Å². The van der Waals surface area contributed by atoms with E-state index in [9.17, 15) is 18.0 Å². The number of halogens is 3. The smallest absolute Gasteiger partial charge is 0.324 e. The van der Waals surface area contributed by atoms with Crippen LogP contribution in [0.3, 0.4) is 0 Å². The second-order valence-electron chi connectivity index (χ2n) is 5.75. The Kier molecular flexibility index (Phi) is 4.44. The minimum absolute atomic E-state index is 0.0136. The first-order chi connectivity index (χ1) is 11.8. The minimum Gasteiger partial charge on any atom is -0.324 e. The number of hydrogen-bond donors (Lipinski definition) is 1. The molecule has 1 amide bonds. The number of nitrogens with one attached hydrogen (secondary N) is 1. The molecule has 0 bridgehead atoms. The van der Waals surface area contributed by atoms with Crippen LogP contribution in [0.4, 0.5) is 18.9 Å². The van der Waals surface area contributed by atoms with Crippen molar-refractivity contribution in [3.05, 3.63) is 71.4 Å². The van der Waals surface area contributed by atoms with Gasteiger partial charge in [-0.25, -0.2) is 0 Å². The van der Waals surface area contributed by atoms with E-state index in [2.05, 4.69) is 10.3 Å². The van der Waals surface area contributed by atoms with E-state index in [-0.39, 0.29) is 12.3 Å². The van der Waals surface area contributed by atoms with Crippen LogP contribution < -0.4 is 5.32 Å². The molecular formula is C19H15F3N2O. The molecule has 25 heavy (non-hydrogen) atoms. The van der Waals surface area contributed by atoms with Crippen LogP contribution in [0, 0.1) is 6.92 Å². The zero-order valence-electron chi connectivity index (χ0n) is 13.4. The lowest BCUT2D eigenvalue weighted by Crippen LogP contribution is -2.15. The average Bonchev–Trinajstić information content (AvgIpc) is 2.55. The number of benzene rings is 2. The normalized spacial score (nSPS) is 11.5. The van der Waals surface area contributed by atoms with E-state index in [0.717, 1.165) is 23.2 Å². The van der Waals surface area contributed by atoms with Crippen molar-refractivity contribution in [3.8, 4) is 0 Å². The predicted octanol–water partition coefficient (Wildman–Crippen LogP) is 4.74. The highest BCUT2D eigenvalue weighted by atomic mass is 19.4. The molecule has 6 heteroatoms. The van der Waals surface area contributed by atoms with Gasteiger partial charge in [-0.3, -0.25) is 9.78 Å². The van der Waals surface area contributed by atoms with E-state index in [4.69, 9.17) is 0 Å². The van der Waals surface area contributed by atoms with Gasteiger partial charge in [-0.15, -0.1) is 0 Å². The van der Waals surface area contributed by atoms with Crippen molar-refractivity contribution in [1.82, 2.24) is 4.98 Å². The van der Waals surface area contributed by atoms with Crippen molar-refractivity contribution in [2.75, 3.05) is 5.32 Å². The van der Waals surface area contributed by atoms with Crippen LogP contribution in [0.2, 0.25) is 0 Å². The highest BCUT2D eigenvalue weighted by molar-refractivity contribution is 6.00. The molecule has 0 spiro atoms. The summed E-state index contributed by atoms with van der Waals surface area (Å²) in [5, 5.41) is 3.68. The third-order valence-electron chi connectivity index (χ3n) is 3.78. The van der Waals surface area contributed by atoms with Crippen LogP contribution >= 0.6 is 0 Å². The summed E-state index contributed by atoms with van der Waals surface area (Å²) in [6, 6.07) is 13.8. The zero-order valence-corrected chi connectivity index (χ0v) is 13.4. The maximum absolute atomic E-state index is 12.6. The van der Waals surface area contributed by atoms with E-state index in [1.165, 1.54) is 12.1 Å². The Hall–Kier alpha value is -2.89. The van der Waals surface area contributed by atoms with Crippen LogP contribution in [-0.4, -0.2) is 10.9 Å². The van der Waals surface area contributed by atoms with E-state index in [0.29, 0.717) is 16.8 Å². The Labute approximate surface area is 142 Å². The van der Waals surface area contributed by atoms with Crippen molar-refractivity contribution >= 4 is 22.5 Å². The highest BCUT2D eigenvalue weighted by Gasteiger charge is 2.29. The largest absolute Gasteiger partial charge is 0.416 e. The number of pyridine rings is 1. The lowest BCUT2D eigenvalue weighted by molar-refractivity contribution is -0.137. The molecule has 1 aromatic heterocycles. The molecule has 128 valence electrons. The molecule has 3 rings (SSSR count). The van der Waals surface area contributed by atoms with Crippen molar-refractivity contribution in [2.45, 2.75) is 19.5 Å². The van der Waals surface area contributed by atoms with Gasteiger partial charge in [0.1, 0.15) is 0 Å². The summed E-state index contributed by atoms with van der Waals surface area (Å²) in [5.41, 5.74) is 1.87. The molecule has 0 atom stereocenters. The summed E-state index contributed by atoms with van der Waals surface area (Å²) in [7, 11) is 0. The van der Waals surface area contributed by atoms with Gasteiger partial charge in [0.05, 0.1) is 23.2 Å². The quantitative estimate of drug-likeness (QED) is 0.745. The highest BCUT2D eigenvalue weighted by Crippen LogP contribution is 2.29. The number of carbonyl (C=O) groups is 1. The topological polar surface area (TPSA) is 42.0 Å². The first-order valence-electron chi connectivity index (χ1n) is 7.65. The molecule has 0 fully saturated rings. The van der Waals surface area contributed by atoms with Gasteiger partial charge in [0.15, 0.2) is 0 Å². The van der Waals surface area contributed by atoms with Crippen LogP contribution in [0.25, 0.3) is 10.9 Å². The summed E-state index contributed by atoms with van der Waals surface area (Å²) in [6.45, 7) is 1.86. The van der Waals surface area contributed by atoms with Crippen LogP contribution in [0.1, 0.15) is 16.8 Å². The summed E-state index contributed by atoms with van der Waals surface area (Å²) < 4.78 is 37.7. The van der Waals surface area contributed by atoms with Crippen LogP contribution in [-0.2, 0) is 17.4 Å². The van der Waals surface area contributed by atoms with Gasteiger partial charge in [0.2, 0.25) is 5.91 Å².